The number of benzene rings is 2. The third-order valence-corrected chi connectivity index (χ3v) is 9.68. The minimum absolute atomic E-state index is 0.00710. The van der Waals surface area contributed by atoms with Crippen molar-refractivity contribution >= 4 is 34.8 Å². The van der Waals surface area contributed by atoms with E-state index in [1.807, 2.05) is 23.9 Å². The number of Topliss-reactive ketones (excluding diaryl/α,β-unsaturated/α-hetero) is 2. The summed E-state index contributed by atoms with van der Waals surface area (Å²) in [6.45, 7) is 1.29. The van der Waals surface area contributed by atoms with E-state index >= 15 is 0 Å². The Morgan fingerprint density at radius 3 is 2.33 bits per heavy atom. The molecule has 1 saturated carbocycles. The number of phenols is 1. The lowest BCUT2D eigenvalue weighted by Crippen LogP contribution is -2.65. The molecule has 3 aliphatic carbocycles. The van der Waals surface area contributed by atoms with Crippen molar-refractivity contribution < 1.29 is 39.6 Å². The van der Waals surface area contributed by atoms with Crippen LogP contribution in [0.3, 0.4) is 0 Å². The summed E-state index contributed by atoms with van der Waals surface area (Å²) in [6, 6.07) is 7.28. The van der Waals surface area contributed by atoms with Gasteiger partial charge in [-0.3, -0.25) is 24.1 Å². The topological polar surface area (TPSA) is 197 Å². The van der Waals surface area contributed by atoms with Gasteiger partial charge in [-0.2, -0.15) is 0 Å². The van der Waals surface area contributed by atoms with Gasteiger partial charge < -0.3 is 41.3 Å². The molecule has 0 heterocycles. The molecule has 0 aliphatic heterocycles. The quantitative estimate of drug-likeness (QED) is 0.168. The monoisotopic (exact) mass is 661 g/mol. The number of hydrogen-bond acceptors (Lipinski definition) is 11. The number of carbonyl (C=O) groups excluding carboxylic acids is 4. The maximum atomic E-state index is 14.3. The lowest BCUT2D eigenvalue weighted by molar-refractivity contribution is -0.153. The van der Waals surface area contributed by atoms with E-state index in [4.69, 9.17) is 5.73 Å². The summed E-state index contributed by atoms with van der Waals surface area (Å²) >= 11 is 0. The number of nitrogens with two attached hydrogens (primary N) is 1. The predicted molar refractivity (Wildman–Crippen MR) is 180 cm³/mol. The zero-order valence-electron chi connectivity index (χ0n) is 28.0. The normalized spacial score (nSPS) is 23.6. The number of anilines is 1. The van der Waals surface area contributed by atoms with E-state index in [1.165, 1.54) is 4.90 Å². The summed E-state index contributed by atoms with van der Waals surface area (Å²) in [5, 5.41) is 49.5. The number of nitrogens with zero attached hydrogens (tertiary/aromatic N) is 3. The molecule has 4 atom stereocenters. The molecule has 0 unspecified atom stereocenters. The molecule has 0 bridgehead atoms. The van der Waals surface area contributed by atoms with E-state index in [0.717, 1.165) is 13.0 Å². The van der Waals surface area contributed by atoms with E-state index in [9.17, 15) is 39.6 Å². The van der Waals surface area contributed by atoms with Crippen LogP contribution in [-0.2, 0) is 20.8 Å². The highest BCUT2D eigenvalue weighted by molar-refractivity contribution is 6.24. The van der Waals surface area contributed by atoms with Crippen molar-refractivity contribution in [2.24, 2.45) is 17.6 Å². The largest absolute Gasteiger partial charge is 0.508 e. The van der Waals surface area contributed by atoms with E-state index in [0.29, 0.717) is 34.5 Å². The third kappa shape index (κ3) is 5.51. The number of aromatic hydroxyl groups is 1. The second kappa shape index (κ2) is 12.7. The molecule has 256 valence electrons. The van der Waals surface area contributed by atoms with Gasteiger partial charge in [-0.25, -0.2) is 0 Å². The summed E-state index contributed by atoms with van der Waals surface area (Å²) < 4.78 is 0. The number of rotatable bonds is 9. The Hall–Kier alpha value is -4.72. The first-order valence-electron chi connectivity index (χ1n) is 15.8. The highest BCUT2D eigenvalue weighted by atomic mass is 16.3. The van der Waals surface area contributed by atoms with Crippen molar-refractivity contribution in [2.75, 3.05) is 60.3 Å². The molecule has 0 radical (unpaired) electrons. The Morgan fingerprint density at radius 1 is 1.04 bits per heavy atom. The summed E-state index contributed by atoms with van der Waals surface area (Å²) in [5.74, 6) is -7.37. The number of nitrogens with one attached hydrogen (secondary N) is 1. The van der Waals surface area contributed by atoms with Crippen molar-refractivity contribution in [2.45, 2.75) is 30.9 Å². The van der Waals surface area contributed by atoms with Crippen LogP contribution in [0.1, 0.15) is 34.3 Å². The standard InChI is InChI=1S/C35H43N5O8/c1-38(2)12-8-11-37-34(47)18-10-7-9-17(13-18)20-16-23(39(3)4)21-14-19-15-22-27(40(5)6)30(43)26(33(36)46)32(45)35(22,48)31(44)24(19)29(42)25(21)28(20)41/h7,9-10,13,16,19,22,27,41-42,45,48H,8,11-12,14-15H2,1-6H3,(H2,36,46)(H,37,47)/t19-,22-,27-,35-/m0/s1. The zero-order valence-corrected chi connectivity index (χ0v) is 28.0. The van der Waals surface area contributed by atoms with Crippen LogP contribution < -0.4 is 16.0 Å². The maximum Gasteiger partial charge on any atom is 0.255 e. The average molecular weight is 662 g/mol. The lowest BCUT2D eigenvalue weighted by atomic mass is 9.57. The first kappa shape index (κ1) is 34.6. The molecular weight excluding hydrogens is 618 g/mol. The van der Waals surface area contributed by atoms with Crippen molar-refractivity contribution in [1.29, 1.82) is 0 Å². The molecule has 1 fully saturated rings. The van der Waals surface area contributed by atoms with Crippen LogP contribution in [0.2, 0.25) is 0 Å². The lowest BCUT2D eigenvalue weighted by Gasteiger charge is -2.50. The van der Waals surface area contributed by atoms with Gasteiger partial charge in [0.1, 0.15) is 22.8 Å². The summed E-state index contributed by atoms with van der Waals surface area (Å²) in [7, 11) is 10.6. The van der Waals surface area contributed by atoms with Crippen LogP contribution in [0.5, 0.6) is 5.75 Å². The number of aliphatic hydroxyl groups is 3. The van der Waals surface area contributed by atoms with Crippen LogP contribution >= 0.6 is 0 Å². The number of fused-ring (bicyclic) bond motifs is 3. The second-order valence-corrected chi connectivity index (χ2v) is 13.5. The van der Waals surface area contributed by atoms with Gasteiger partial charge in [-0.1, -0.05) is 12.1 Å². The maximum absolute atomic E-state index is 14.3. The molecule has 0 spiro atoms. The Morgan fingerprint density at radius 2 is 1.73 bits per heavy atom. The molecular formula is C35H43N5O8. The molecule has 2 aromatic carbocycles. The van der Waals surface area contributed by atoms with Crippen LogP contribution in [0.15, 0.2) is 47.2 Å². The average Bonchev–Trinajstić information content (AvgIpc) is 3.00. The highest BCUT2D eigenvalue weighted by Gasteiger charge is 2.64. The fourth-order valence-corrected chi connectivity index (χ4v) is 7.44. The number of primary amides is 1. The van der Waals surface area contributed by atoms with E-state index in [2.05, 4.69) is 5.32 Å². The number of aliphatic hydroxyl groups excluding tert-OH is 2. The molecule has 0 saturated heterocycles. The Labute approximate surface area is 278 Å². The predicted octanol–water partition coefficient (Wildman–Crippen LogP) is 1.38. The van der Waals surface area contributed by atoms with Gasteiger partial charge >= 0.3 is 0 Å². The molecule has 3 aliphatic rings. The van der Waals surface area contributed by atoms with Crippen LogP contribution in [0.25, 0.3) is 16.9 Å². The first-order chi connectivity index (χ1) is 22.5. The van der Waals surface area contributed by atoms with Crippen molar-refractivity contribution in [3.05, 3.63) is 63.9 Å². The van der Waals surface area contributed by atoms with Gasteiger partial charge in [0, 0.05) is 48.9 Å². The van der Waals surface area contributed by atoms with E-state index in [-0.39, 0.29) is 35.6 Å². The van der Waals surface area contributed by atoms with Gasteiger partial charge in [-0.05, 0) is 89.2 Å². The van der Waals surface area contributed by atoms with Gasteiger partial charge in [0.15, 0.2) is 11.4 Å². The number of carbonyl (C=O) groups is 4. The van der Waals surface area contributed by atoms with Gasteiger partial charge in [0.2, 0.25) is 5.78 Å². The number of ketones is 2. The summed E-state index contributed by atoms with van der Waals surface area (Å²) in [5.41, 5.74) is 3.91. The Balaban J connectivity index is 1.63. The molecule has 13 nitrogen and oxygen atoms in total. The van der Waals surface area contributed by atoms with Crippen molar-refractivity contribution in [3.63, 3.8) is 0 Å². The van der Waals surface area contributed by atoms with Gasteiger partial charge in [-0.15, -0.1) is 0 Å². The minimum Gasteiger partial charge on any atom is -0.508 e. The SMILES string of the molecule is CN(C)CCCNC(=O)c1cccc(-c2cc(N(C)C)c3c(c2O)C(O)=C2C(=O)[C@]4(O)C(O)=C(C(N)=O)C(=O)[C@@H](N(C)C)[C@@H]4C[C@@H]2C3)c1. The molecule has 2 amide bonds. The van der Waals surface area contributed by atoms with Crippen LogP contribution in [-0.4, -0.2) is 121 Å². The Bertz CT molecular complexity index is 1780. The van der Waals surface area contributed by atoms with E-state index < -0.39 is 58.0 Å². The van der Waals surface area contributed by atoms with Gasteiger partial charge in [0.25, 0.3) is 11.8 Å². The van der Waals surface area contributed by atoms with E-state index in [1.54, 1.807) is 58.5 Å². The summed E-state index contributed by atoms with van der Waals surface area (Å²) in [4.78, 5) is 58.1. The molecule has 5 rings (SSSR count). The number of hydrogen-bond donors (Lipinski definition) is 6. The first-order valence-corrected chi connectivity index (χ1v) is 15.8. The van der Waals surface area contributed by atoms with Gasteiger partial charge in [0.05, 0.1) is 11.6 Å². The van der Waals surface area contributed by atoms with Crippen molar-refractivity contribution in [1.82, 2.24) is 15.1 Å². The fourth-order valence-electron chi connectivity index (χ4n) is 7.44. The fraction of sp³-hybridized carbons (Fsp3) is 0.429. The Kier molecular flexibility index (Phi) is 9.17. The highest BCUT2D eigenvalue weighted by Crippen LogP contribution is 2.55. The van der Waals surface area contributed by atoms with Crippen LogP contribution in [0, 0.1) is 11.8 Å². The molecule has 13 heteroatoms. The summed E-state index contributed by atoms with van der Waals surface area (Å²) in [6.07, 6.45) is 0.918. The smallest absolute Gasteiger partial charge is 0.255 e. The molecule has 2 aromatic rings. The third-order valence-electron chi connectivity index (χ3n) is 9.68. The minimum atomic E-state index is -2.73. The molecule has 48 heavy (non-hydrogen) atoms. The van der Waals surface area contributed by atoms with Crippen LogP contribution in [0.4, 0.5) is 5.69 Å². The molecule has 7 N–H and O–H groups in total. The second-order valence-electron chi connectivity index (χ2n) is 13.5. The van der Waals surface area contributed by atoms with Crippen molar-refractivity contribution in [3.8, 4) is 16.9 Å². The number of amides is 2. The molecule has 0 aromatic heterocycles. The number of phenolic OH excluding ortho intramolecular Hbond substituents is 1. The zero-order chi connectivity index (χ0) is 35.4. The number of likely N-dealkylation sites (N-methyl/N-ethyl adjacent to an activating group) is 1.